The molecule has 108 valence electrons. The zero-order valence-electron chi connectivity index (χ0n) is 12.5. The largest absolute Gasteiger partial charge is 0.398 e. The predicted molar refractivity (Wildman–Crippen MR) is 82.7 cm³/mol. The molecule has 0 spiro atoms. The van der Waals surface area contributed by atoms with E-state index in [0.29, 0.717) is 0 Å². The Morgan fingerprint density at radius 1 is 1.30 bits per heavy atom. The first-order valence-corrected chi connectivity index (χ1v) is 7.58. The molecule has 4 nitrogen and oxygen atoms in total. The van der Waals surface area contributed by atoms with Gasteiger partial charge in [0.2, 0.25) is 0 Å². The molecule has 2 heterocycles. The number of rotatable bonds is 3. The molecule has 0 unspecified atom stereocenters. The van der Waals surface area contributed by atoms with E-state index in [1.165, 1.54) is 37.8 Å². The van der Waals surface area contributed by atoms with Crippen LogP contribution in [0.4, 0.5) is 5.69 Å². The Morgan fingerprint density at radius 2 is 2.05 bits per heavy atom. The second kappa shape index (κ2) is 5.44. The standard InChI is InChI=1S/C16H24N4/c1-12-15(11-19(2)14-6-4-3-5-7-14)20-10-13(17)8-9-16(20)18-12/h8-10,14H,3-7,11,17H2,1-2H3. The predicted octanol–water partition coefficient (Wildman–Crippen LogP) is 2.99. The molecule has 1 aliphatic rings. The van der Waals surface area contributed by atoms with Crippen LogP contribution in [-0.4, -0.2) is 27.4 Å². The SMILES string of the molecule is Cc1nc2ccc(N)cn2c1CN(C)C1CCCCC1. The zero-order valence-corrected chi connectivity index (χ0v) is 12.5. The van der Waals surface area contributed by atoms with Gasteiger partial charge in [-0.1, -0.05) is 19.3 Å². The summed E-state index contributed by atoms with van der Waals surface area (Å²) in [4.78, 5) is 7.12. The highest BCUT2D eigenvalue weighted by molar-refractivity contribution is 5.50. The molecule has 2 aromatic heterocycles. The maximum atomic E-state index is 5.91. The lowest BCUT2D eigenvalue weighted by molar-refractivity contribution is 0.182. The summed E-state index contributed by atoms with van der Waals surface area (Å²) in [6, 6.07) is 4.62. The van der Waals surface area contributed by atoms with E-state index in [0.717, 1.165) is 29.6 Å². The van der Waals surface area contributed by atoms with Crippen LogP contribution in [0.1, 0.15) is 43.5 Å². The highest BCUT2D eigenvalue weighted by Gasteiger charge is 2.20. The first-order valence-electron chi connectivity index (χ1n) is 7.58. The van der Waals surface area contributed by atoms with Crippen molar-refractivity contribution in [2.75, 3.05) is 12.8 Å². The van der Waals surface area contributed by atoms with E-state index in [2.05, 4.69) is 28.3 Å². The minimum Gasteiger partial charge on any atom is -0.398 e. The molecule has 0 amide bonds. The van der Waals surface area contributed by atoms with Crippen molar-refractivity contribution in [2.45, 2.75) is 51.6 Å². The van der Waals surface area contributed by atoms with Gasteiger partial charge in [0.05, 0.1) is 11.4 Å². The van der Waals surface area contributed by atoms with Crippen molar-refractivity contribution in [2.24, 2.45) is 0 Å². The van der Waals surface area contributed by atoms with Crippen LogP contribution in [0.5, 0.6) is 0 Å². The number of nitrogens with two attached hydrogens (primary N) is 1. The third kappa shape index (κ3) is 2.52. The molecule has 1 saturated carbocycles. The van der Waals surface area contributed by atoms with Gasteiger partial charge in [-0.05, 0) is 38.9 Å². The van der Waals surface area contributed by atoms with Crippen LogP contribution in [0.25, 0.3) is 5.65 Å². The van der Waals surface area contributed by atoms with E-state index in [1.807, 2.05) is 18.3 Å². The van der Waals surface area contributed by atoms with Gasteiger partial charge >= 0.3 is 0 Å². The van der Waals surface area contributed by atoms with E-state index in [-0.39, 0.29) is 0 Å². The molecule has 4 heteroatoms. The fourth-order valence-electron chi connectivity index (χ4n) is 3.31. The molecule has 0 bridgehead atoms. The number of hydrogen-bond acceptors (Lipinski definition) is 3. The van der Waals surface area contributed by atoms with Gasteiger partial charge in [-0.25, -0.2) is 4.98 Å². The van der Waals surface area contributed by atoms with Gasteiger partial charge < -0.3 is 10.1 Å². The molecular weight excluding hydrogens is 248 g/mol. The molecule has 1 aliphatic carbocycles. The molecule has 20 heavy (non-hydrogen) atoms. The Hall–Kier alpha value is -1.55. The van der Waals surface area contributed by atoms with E-state index in [4.69, 9.17) is 5.73 Å². The van der Waals surface area contributed by atoms with Crippen molar-refractivity contribution >= 4 is 11.3 Å². The van der Waals surface area contributed by atoms with Crippen LogP contribution in [-0.2, 0) is 6.54 Å². The molecule has 2 N–H and O–H groups in total. The highest BCUT2D eigenvalue weighted by Crippen LogP contribution is 2.24. The van der Waals surface area contributed by atoms with Crippen molar-refractivity contribution in [3.05, 3.63) is 29.7 Å². The number of aromatic nitrogens is 2. The van der Waals surface area contributed by atoms with Crippen molar-refractivity contribution < 1.29 is 0 Å². The number of imidazole rings is 1. The van der Waals surface area contributed by atoms with Gasteiger partial charge in [0.15, 0.2) is 0 Å². The molecule has 0 atom stereocenters. The summed E-state index contributed by atoms with van der Waals surface area (Å²) in [6.45, 7) is 3.04. The van der Waals surface area contributed by atoms with Gasteiger partial charge in [0.1, 0.15) is 5.65 Å². The summed E-state index contributed by atoms with van der Waals surface area (Å²) >= 11 is 0. The lowest BCUT2D eigenvalue weighted by Crippen LogP contribution is -2.33. The van der Waals surface area contributed by atoms with Crippen LogP contribution in [0.2, 0.25) is 0 Å². The van der Waals surface area contributed by atoms with Crippen LogP contribution >= 0.6 is 0 Å². The van der Waals surface area contributed by atoms with Crippen molar-refractivity contribution in [1.82, 2.24) is 14.3 Å². The first-order chi connectivity index (χ1) is 9.65. The summed E-state index contributed by atoms with van der Waals surface area (Å²) in [5.41, 5.74) is 10.1. The van der Waals surface area contributed by atoms with Crippen molar-refractivity contribution in [3.63, 3.8) is 0 Å². The first kappa shape index (κ1) is 13.4. The van der Waals surface area contributed by atoms with E-state index in [1.54, 1.807) is 0 Å². The number of hydrogen-bond donors (Lipinski definition) is 1. The maximum Gasteiger partial charge on any atom is 0.137 e. The summed E-state index contributed by atoms with van der Waals surface area (Å²) in [6.07, 6.45) is 8.78. The van der Waals surface area contributed by atoms with E-state index < -0.39 is 0 Å². The quantitative estimate of drug-likeness (QED) is 0.934. The number of nitrogen functional groups attached to an aromatic ring is 1. The third-order valence-corrected chi connectivity index (χ3v) is 4.54. The Labute approximate surface area is 120 Å². The van der Waals surface area contributed by atoms with Gasteiger partial charge in [0, 0.05) is 24.5 Å². The second-order valence-corrected chi connectivity index (χ2v) is 6.04. The van der Waals surface area contributed by atoms with Crippen LogP contribution in [0, 0.1) is 6.92 Å². The van der Waals surface area contributed by atoms with Crippen molar-refractivity contribution in [3.8, 4) is 0 Å². The van der Waals surface area contributed by atoms with Crippen LogP contribution in [0.15, 0.2) is 18.3 Å². The molecule has 0 radical (unpaired) electrons. The minimum absolute atomic E-state index is 0.717. The third-order valence-electron chi connectivity index (χ3n) is 4.54. The van der Waals surface area contributed by atoms with Crippen LogP contribution < -0.4 is 5.73 Å². The summed E-state index contributed by atoms with van der Waals surface area (Å²) in [5.74, 6) is 0. The number of nitrogens with zero attached hydrogens (tertiary/aromatic N) is 3. The van der Waals surface area contributed by atoms with E-state index in [9.17, 15) is 0 Å². The van der Waals surface area contributed by atoms with Crippen LogP contribution in [0.3, 0.4) is 0 Å². The van der Waals surface area contributed by atoms with Gasteiger partial charge in [-0.2, -0.15) is 0 Å². The zero-order chi connectivity index (χ0) is 14.1. The second-order valence-electron chi connectivity index (χ2n) is 6.04. The number of pyridine rings is 1. The number of anilines is 1. The summed E-state index contributed by atoms with van der Waals surface area (Å²) < 4.78 is 2.14. The van der Waals surface area contributed by atoms with Gasteiger partial charge in [0.25, 0.3) is 0 Å². The maximum absolute atomic E-state index is 5.91. The molecular formula is C16H24N4. The topological polar surface area (TPSA) is 46.6 Å². The summed E-state index contributed by atoms with van der Waals surface area (Å²) in [5, 5.41) is 0. The smallest absolute Gasteiger partial charge is 0.137 e. The van der Waals surface area contributed by atoms with Gasteiger partial charge in [-0.3, -0.25) is 4.90 Å². The lowest BCUT2D eigenvalue weighted by atomic mass is 9.94. The Morgan fingerprint density at radius 3 is 2.80 bits per heavy atom. The molecule has 1 fully saturated rings. The number of fused-ring (bicyclic) bond motifs is 1. The van der Waals surface area contributed by atoms with Crippen molar-refractivity contribution in [1.29, 1.82) is 0 Å². The Bertz CT molecular complexity index is 596. The van der Waals surface area contributed by atoms with Gasteiger partial charge in [-0.15, -0.1) is 0 Å². The highest BCUT2D eigenvalue weighted by atomic mass is 15.2. The summed E-state index contributed by atoms with van der Waals surface area (Å²) in [7, 11) is 2.24. The normalized spacial score (nSPS) is 17.1. The molecule has 0 aliphatic heterocycles. The Kier molecular flexibility index (Phi) is 3.66. The molecule has 3 rings (SSSR count). The number of aryl methyl sites for hydroxylation is 1. The fraction of sp³-hybridized carbons (Fsp3) is 0.562. The molecule has 2 aromatic rings. The average Bonchev–Trinajstić information content (AvgIpc) is 2.76. The lowest BCUT2D eigenvalue weighted by Gasteiger charge is -2.31. The Balaban J connectivity index is 1.85. The molecule has 0 aromatic carbocycles. The average molecular weight is 272 g/mol. The van der Waals surface area contributed by atoms with E-state index >= 15 is 0 Å². The fourth-order valence-corrected chi connectivity index (χ4v) is 3.31. The monoisotopic (exact) mass is 272 g/mol. The minimum atomic E-state index is 0.717. The molecule has 0 saturated heterocycles.